The summed E-state index contributed by atoms with van der Waals surface area (Å²) in [6.07, 6.45) is 4.78. The monoisotopic (exact) mass is 379 g/mol. The maximum Gasteiger partial charge on any atom is 0.127 e. The molecular formula is C22H25N3OS. The molecule has 0 radical (unpaired) electrons. The van der Waals surface area contributed by atoms with Gasteiger partial charge in [0.1, 0.15) is 11.0 Å². The molecule has 0 saturated carbocycles. The summed E-state index contributed by atoms with van der Waals surface area (Å²) in [5.74, 6) is 0. The van der Waals surface area contributed by atoms with Crippen molar-refractivity contribution in [2.24, 2.45) is 0 Å². The van der Waals surface area contributed by atoms with Gasteiger partial charge in [0.15, 0.2) is 0 Å². The van der Waals surface area contributed by atoms with Crippen LogP contribution in [0.4, 0.5) is 5.69 Å². The van der Waals surface area contributed by atoms with Crippen LogP contribution < -0.4 is 4.90 Å². The Bertz CT molecular complexity index is 951. The highest BCUT2D eigenvalue weighted by Crippen LogP contribution is 2.36. The number of hydrogen-bond donors (Lipinski definition) is 1. The second-order valence-electron chi connectivity index (χ2n) is 7.53. The van der Waals surface area contributed by atoms with E-state index in [1.807, 2.05) is 0 Å². The highest BCUT2D eigenvalue weighted by molar-refractivity contribution is 7.82. The van der Waals surface area contributed by atoms with Crippen molar-refractivity contribution in [3.05, 3.63) is 48.5 Å². The van der Waals surface area contributed by atoms with Crippen LogP contribution in [0.15, 0.2) is 53.4 Å². The van der Waals surface area contributed by atoms with E-state index in [4.69, 9.17) is 0 Å². The number of nitrogens with one attached hydrogen (secondary N) is 1. The van der Waals surface area contributed by atoms with E-state index in [2.05, 4.69) is 62.7 Å². The molecule has 0 spiro atoms. The fraction of sp³-hybridized carbons (Fsp3) is 0.364. The fourth-order valence-corrected chi connectivity index (χ4v) is 5.59. The van der Waals surface area contributed by atoms with E-state index < -0.39 is 11.0 Å². The number of anilines is 1. The molecule has 1 aromatic heterocycles. The van der Waals surface area contributed by atoms with Crippen LogP contribution in [-0.2, 0) is 11.0 Å². The van der Waals surface area contributed by atoms with E-state index in [-0.39, 0.29) is 0 Å². The fourth-order valence-electron chi connectivity index (χ4n) is 4.29. The van der Waals surface area contributed by atoms with Crippen LogP contribution in [-0.4, -0.2) is 39.7 Å². The van der Waals surface area contributed by atoms with Crippen LogP contribution in [0, 0.1) is 0 Å². The molecule has 4 nitrogen and oxygen atoms in total. The van der Waals surface area contributed by atoms with Crippen molar-refractivity contribution >= 4 is 27.6 Å². The summed E-state index contributed by atoms with van der Waals surface area (Å²) in [6.45, 7) is 4.06. The summed E-state index contributed by atoms with van der Waals surface area (Å²) in [5, 5.41) is 1.21. The third-order valence-electron chi connectivity index (χ3n) is 5.74. The zero-order chi connectivity index (χ0) is 18.2. The molecule has 0 bridgehead atoms. The Labute approximate surface area is 162 Å². The molecule has 1 N–H and O–H groups in total. The first-order valence-corrected chi connectivity index (χ1v) is 11.0. The van der Waals surface area contributed by atoms with Gasteiger partial charge in [-0.15, -0.1) is 0 Å². The molecule has 0 aliphatic carbocycles. The third-order valence-corrected chi connectivity index (χ3v) is 7.23. The Balaban J connectivity index is 1.60. The standard InChI is InChI=1S/C22H25N3OS/c26-27(25-13-5-6-14-25)18-9-10-22(24-11-3-4-12-24)19(16-18)21-15-17-7-1-2-8-20(17)23-21/h1-2,7-10,15-16,23H,3-6,11-14H2. The Morgan fingerprint density at radius 2 is 1.59 bits per heavy atom. The predicted octanol–water partition coefficient (Wildman–Crippen LogP) is 4.55. The predicted molar refractivity (Wildman–Crippen MR) is 112 cm³/mol. The lowest BCUT2D eigenvalue weighted by Crippen LogP contribution is -2.22. The lowest BCUT2D eigenvalue weighted by Gasteiger charge is -2.22. The topological polar surface area (TPSA) is 39.3 Å². The maximum absolute atomic E-state index is 13.0. The number of benzene rings is 2. The summed E-state index contributed by atoms with van der Waals surface area (Å²) >= 11 is 0. The summed E-state index contributed by atoms with van der Waals surface area (Å²) in [4.78, 5) is 6.94. The lowest BCUT2D eigenvalue weighted by molar-refractivity contribution is 0.536. The number of fused-ring (bicyclic) bond motifs is 1. The van der Waals surface area contributed by atoms with E-state index in [0.29, 0.717) is 0 Å². The van der Waals surface area contributed by atoms with Crippen molar-refractivity contribution in [1.29, 1.82) is 0 Å². The van der Waals surface area contributed by atoms with Gasteiger partial charge in [0.25, 0.3) is 0 Å². The largest absolute Gasteiger partial charge is 0.371 e. The number of aromatic nitrogens is 1. The molecule has 2 aliphatic rings. The summed E-state index contributed by atoms with van der Waals surface area (Å²) < 4.78 is 15.1. The molecule has 0 amide bonds. The van der Waals surface area contributed by atoms with Crippen LogP contribution in [0.25, 0.3) is 22.2 Å². The Morgan fingerprint density at radius 3 is 2.37 bits per heavy atom. The molecule has 2 aliphatic heterocycles. The van der Waals surface area contributed by atoms with Gasteiger partial charge in [-0.2, -0.15) is 0 Å². The van der Waals surface area contributed by atoms with Crippen LogP contribution in [0.3, 0.4) is 0 Å². The van der Waals surface area contributed by atoms with Crippen molar-refractivity contribution in [2.75, 3.05) is 31.1 Å². The SMILES string of the molecule is O=S(c1ccc(N2CCCC2)c(-c2cc3ccccc3[nH]2)c1)N1CCCC1. The Hall–Kier alpha value is -2.11. The van der Waals surface area contributed by atoms with Crippen LogP contribution in [0.5, 0.6) is 0 Å². The first kappa shape index (κ1) is 17.0. The quantitative estimate of drug-likeness (QED) is 0.722. The van der Waals surface area contributed by atoms with Gasteiger partial charge in [-0.05, 0) is 56.0 Å². The van der Waals surface area contributed by atoms with Gasteiger partial charge in [0.2, 0.25) is 0 Å². The molecule has 3 heterocycles. The third kappa shape index (κ3) is 3.19. The molecule has 1 unspecified atom stereocenters. The summed E-state index contributed by atoms with van der Waals surface area (Å²) in [5.41, 5.74) is 4.67. The Morgan fingerprint density at radius 1 is 0.852 bits per heavy atom. The van der Waals surface area contributed by atoms with Gasteiger partial charge in [0.05, 0.1) is 4.90 Å². The number of para-hydroxylation sites is 1. The van der Waals surface area contributed by atoms with Gasteiger partial charge < -0.3 is 9.88 Å². The van der Waals surface area contributed by atoms with Gasteiger partial charge in [-0.3, -0.25) is 0 Å². The highest BCUT2D eigenvalue weighted by atomic mass is 32.2. The van der Waals surface area contributed by atoms with Crippen LogP contribution in [0.1, 0.15) is 25.7 Å². The van der Waals surface area contributed by atoms with Crippen molar-refractivity contribution in [3.63, 3.8) is 0 Å². The summed E-state index contributed by atoms with van der Waals surface area (Å²) in [6, 6.07) is 17.0. The maximum atomic E-state index is 13.0. The molecule has 3 aromatic rings. The zero-order valence-corrected chi connectivity index (χ0v) is 16.3. The number of H-pyrrole nitrogens is 1. The average Bonchev–Trinajstić information content (AvgIpc) is 3.48. The van der Waals surface area contributed by atoms with E-state index in [1.54, 1.807) is 0 Å². The molecule has 2 fully saturated rings. The van der Waals surface area contributed by atoms with Gasteiger partial charge >= 0.3 is 0 Å². The first-order chi connectivity index (χ1) is 13.3. The van der Waals surface area contributed by atoms with E-state index >= 15 is 0 Å². The van der Waals surface area contributed by atoms with Gasteiger partial charge in [0, 0.05) is 54.0 Å². The van der Waals surface area contributed by atoms with Crippen molar-refractivity contribution in [3.8, 4) is 11.3 Å². The molecule has 1 atom stereocenters. The van der Waals surface area contributed by atoms with Crippen LogP contribution in [0.2, 0.25) is 0 Å². The van der Waals surface area contributed by atoms with Gasteiger partial charge in [-0.25, -0.2) is 8.51 Å². The number of nitrogens with zero attached hydrogens (tertiary/aromatic N) is 2. The molecular weight excluding hydrogens is 354 g/mol. The number of rotatable bonds is 4. The normalized spacial score (nSPS) is 19.2. The van der Waals surface area contributed by atoms with Crippen molar-refractivity contribution < 1.29 is 4.21 Å². The zero-order valence-electron chi connectivity index (χ0n) is 15.5. The molecule has 2 saturated heterocycles. The van der Waals surface area contributed by atoms with Gasteiger partial charge in [-0.1, -0.05) is 18.2 Å². The number of hydrogen-bond acceptors (Lipinski definition) is 2. The molecule has 27 heavy (non-hydrogen) atoms. The van der Waals surface area contributed by atoms with E-state index in [1.165, 1.54) is 23.9 Å². The lowest BCUT2D eigenvalue weighted by atomic mass is 10.1. The number of aromatic amines is 1. The first-order valence-electron chi connectivity index (χ1n) is 9.93. The van der Waals surface area contributed by atoms with E-state index in [0.717, 1.165) is 60.7 Å². The average molecular weight is 380 g/mol. The Kier molecular flexibility index (Phi) is 4.50. The minimum absolute atomic E-state index is 0.911. The van der Waals surface area contributed by atoms with Crippen molar-refractivity contribution in [2.45, 2.75) is 30.6 Å². The van der Waals surface area contributed by atoms with Crippen LogP contribution >= 0.6 is 0 Å². The highest BCUT2D eigenvalue weighted by Gasteiger charge is 2.23. The summed E-state index contributed by atoms with van der Waals surface area (Å²) in [7, 11) is -1.07. The minimum atomic E-state index is -1.07. The second kappa shape index (κ2) is 7.13. The van der Waals surface area contributed by atoms with Crippen molar-refractivity contribution in [1.82, 2.24) is 9.29 Å². The molecule has 140 valence electrons. The minimum Gasteiger partial charge on any atom is -0.371 e. The molecule has 5 heteroatoms. The van der Waals surface area contributed by atoms with E-state index in [9.17, 15) is 4.21 Å². The molecule has 5 rings (SSSR count). The smallest absolute Gasteiger partial charge is 0.127 e. The molecule has 2 aromatic carbocycles. The second-order valence-corrected chi connectivity index (χ2v) is 9.01.